The lowest BCUT2D eigenvalue weighted by Gasteiger charge is -2.29. The van der Waals surface area contributed by atoms with E-state index in [1.54, 1.807) is 55.8 Å². The molecule has 5 N–H and O–H groups in total. The number of carbonyl (C=O) groups is 1. The van der Waals surface area contributed by atoms with Crippen LogP contribution in [0.1, 0.15) is 40.8 Å². The summed E-state index contributed by atoms with van der Waals surface area (Å²) in [6.45, 7) is 8.23. The Labute approximate surface area is 232 Å². The molecule has 2 aromatic heterocycles. The molecule has 1 unspecified atom stereocenters. The Balaban J connectivity index is 1.56. The number of ether oxygens (including phenoxy) is 2. The molecular formula is C25H36N7O7P. The first-order chi connectivity index (χ1) is 18.8. The van der Waals surface area contributed by atoms with Gasteiger partial charge in [-0.15, -0.1) is 0 Å². The molecule has 0 amide bonds. The van der Waals surface area contributed by atoms with Gasteiger partial charge in [-0.2, -0.15) is 15.1 Å². The Bertz CT molecular complexity index is 1380. The maximum atomic E-state index is 13.8. The van der Waals surface area contributed by atoms with E-state index < -0.39 is 43.6 Å². The molecule has 1 aromatic carbocycles. The van der Waals surface area contributed by atoms with E-state index in [1.807, 2.05) is 13.8 Å². The number of rotatable bonds is 11. The quantitative estimate of drug-likeness (QED) is 0.193. The number of aromatic nitrogens is 4. The molecule has 218 valence electrons. The van der Waals surface area contributed by atoms with Gasteiger partial charge in [-0.3, -0.25) is 13.9 Å². The lowest BCUT2D eigenvalue weighted by atomic mass is 9.84. The van der Waals surface area contributed by atoms with Crippen molar-refractivity contribution in [1.82, 2.24) is 24.6 Å². The third-order valence-corrected chi connectivity index (χ3v) is 8.06. The van der Waals surface area contributed by atoms with Gasteiger partial charge < -0.3 is 30.2 Å². The smallest absolute Gasteiger partial charge is 0.459 e. The van der Waals surface area contributed by atoms with Crippen molar-refractivity contribution >= 4 is 36.6 Å². The fourth-order valence-electron chi connectivity index (χ4n) is 4.38. The minimum Gasteiger partial charge on any atom is -0.462 e. The first-order valence-corrected chi connectivity index (χ1v) is 14.4. The maximum Gasteiger partial charge on any atom is 0.459 e. The van der Waals surface area contributed by atoms with E-state index in [2.05, 4.69) is 25.4 Å². The highest BCUT2D eigenvalue weighted by molar-refractivity contribution is 7.52. The topological polar surface area (TPSA) is 185 Å². The summed E-state index contributed by atoms with van der Waals surface area (Å²) in [5.74, 6) is 0.136. The number of esters is 1. The maximum absolute atomic E-state index is 13.8. The van der Waals surface area contributed by atoms with Crippen LogP contribution >= 0.6 is 7.75 Å². The average molecular weight is 578 g/mol. The minimum absolute atomic E-state index is 0.0463. The van der Waals surface area contributed by atoms with Crippen LogP contribution in [-0.2, 0) is 23.4 Å². The highest BCUT2D eigenvalue weighted by Crippen LogP contribution is 2.49. The normalized spacial score (nSPS) is 22.6. The van der Waals surface area contributed by atoms with Crippen molar-refractivity contribution in [3.05, 3.63) is 36.7 Å². The standard InChI is InChI=1S/C25H36N7O7P/c1-14(2)37-22(34)15(3)31-40(35,39-16-10-8-7-9-11-16)36-12-17-19(33)25(4,5)23(38-17)32-13-28-18-20(27-6)29-24(26)30-21(18)32/h7-11,13-15,17,19,23,33H,12H2,1-6H3,(H,31,35)(H3,26,27,29,30)/t15-,17+,19+,23+,40?/m0/s1. The van der Waals surface area contributed by atoms with Crippen molar-refractivity contribution in [1.29, 1.82) is 0 Å². The fourth-order valence-corrected chi connectivity index (χ4v) is 5.88. The second kappa shape index (κ2) is 11.7. The van der Waals surface area contributed by atoms with Crippen LogP contribution in [0.3, 0.4) is 0 Å². The number of hydrogen-bond donors (Lipinski definition) is 4. The second-order valence-corrected chi connectivity index (χ2v) is 12.0. The zero-order chi connectivity index (χ0) is 29.2. The Hall–Kier alpha value is -3.29. The van der Waals surface area contributed by atoms with E-state index in [0.717, 1.165) is 0 Å². The van der Waals surface area contributed by atoms with Gasteiger partial charge in [-0.25, -0.2) is 9.55 Å². The summed E-state index contributed by atoms with van der Waals surface area (Å²) in [6.07, 6.45) is -1.53. The Morgan fingerprint density at radius 3 is 2.60 bits per heavy atom. The molecule has 1 aliphatic rings. The van der Waals surface area contributed by atoms with Crippen LogP contribution in [0.2, 0.25) is 0 Å². The molecule has 0 aliphatic carbocycles. The highest BCUT2D eigenvalue weighted by Gasteiger charge is 2.52. The molecule has 1 aliphatic heterocycles. The van der Waals surface area contributed by atoms with Gasteiger partial charge in [0.2, 0.25) is 5.95 Å². The van der Waals surface area contributed by atoms with Crippen molar-refractivity contribution < 1.29 is 33.0 Å². The van der Waals surface area contributed by atoms with E-state index in [-0.39, 0.29) is 24.4 Å². The number of imidazole rings is 1. The molecule has 3 heterocycles. The molecule has 0 saturated carbocycles. The van der Waals surface area contributed by atoms with Crippen LogP contribution in [0.25, 0.3) is 11.2 Å². The van der Waals surface area contributed by atoms with Gasteiger partial charge in [-0.05, 0) is 32.9 Å². The summed E-state index contributed by atoms with van der Waals surface area (Å²) in [5.41, 5.74) is 5.94. The number of fused-ring (bicyclic) bond motifs is 1. The Morgan fingerprint density at radius 1 is 1.25 bits per heavy atom. The van der Waals surface area contributed by atoms with Gasteiger partial charge >= 0.3 is 13.7 Å². The number of carbonyl (C=O) groups excluding carboxylic acids is 1. The van der Waals surface area contributed by atoms with E-state index in [0.29, 0.717) is 17.0 Å². The molecule has 0 bridgehead atoms. The lowest BCUT2D eigenvalue weighted by Crippen LogP contribution is -2.38. The van der Waals surface area contributed by atoms with Crippen molar-refractivity contribution in [2.24, 2.45) is 5.41 Å². The van der Waals surface area contributed by atoms with Crippen LogP contribution in [0.4, 0.5) is 11.8 Å². The monoisotopic (exact) mass is 577 g/mol. The average Bonchev–Trinajstić information content (AvgIpc) is 3.40. The van der Waals surface area contributed by atoms with Crippen LogP contribution in [0.5, 0.6) is 5.75 Å². The molecule has 40 heavy (non-hydrogen) atoms. The SMILES string of the molecule is CNc1nc(N)nc2c1ncn2[C@@H]1O[C@H](COP(=O)(N[C@@H](C)C(=O)OC(C)C)Oc2ccccc2)[C@@H](O)C1(C)C. The molecular weight excluding hydrogens is 541 g/mol. The second-order valence-electron chi connectivity index (χ2n) is 10.3. The van der Waals surface area contributed by atoms with E-state index in [1.165, 1.54) is 13.3 Å². The molecule has 5 atom stereocenters. The number of nitrogen functional groups attached to an aromatic ring is 1. The van der Waals surface area contributed by atoms with Crippen LogP contribution < -0.4 is 20.7 Å². The Morgan fingerprint density at radius 2 is 1.95 bits per heavy atom. The number of aliphatic hydroxyl groups excluding tert-OH is 1. The molecule has 4 rings (SSSR count). The summed E-state index contributed by atoms with van der Waals surface area (Å²) in [4.78, 5) is 25.3. The predicted octanol–water partition coefficient (Wildman–Crippen LogP) is 2.87. The molecule has 0 spiro atoms. The lowest BCUT2D eigenvalue weighted by molar-refractivity contribution is -0.149. The van der Waals surface area contributed by atoms with E-state index >= 15 is 0 Å². The number of para-hydroxylation sites is 1. The molecule has 1 fully saturated rings. The zero-order valence-electron chi connectivity index (χ0n) is 23.3. The number of nitrogens with zero attached hydrogens (tertiary/aromatic N) is 4. The summed E-state index contributed by atoms with van der Waals surface area (Å²) in [5, 5.41) is 16.8. The van der Waals surface area contributed by atoms with E-state index in [4.69, 9.17) is 24.3 Å². The summed E-state index contributed by atoms with van der Waals surface area (Å²) in [7, 11) is -2.46. The molecule has 15 heteroatoms. The van der Waals surface area contributed by atoms with Gasteiger partial charge in [0, 0.05) is 12.5 Å². The third kappa shape index (κ3) is 6.21. The van der Waals surface area contributed by atoms with Crippen molar-refractivity contribution in [3.8, 4) is 5.75 Å². The highest BCUT2D eigenvalue weighted by atomic mass is 31.2. The van der Waals surface area contributed by atoms with Crippen LogP contribution in [-0.4, -0.2) is 68.6 Å². The summed E-state index contributed by atoms with van der Waals surface area (Å²) >= 11 is 0. The van der Waals surface area contributed by atoms with Gasteiger partial charge in [0.05, 0.1) is 25.1 Å². The number of hydrogen-bond acceptors (Lipinski definition) is 12. The number of benzene rings is 1. The van der Waals surface area contributed by atoms with Gasteiger partial charge in [0.1, 0.15) is 24.1 Å². The summed E-state index contributed by atoms with van der Waals surface area (Å²) in [6, 6.07) is 7.38. The first-order valence-electron chi connectivity index (χ1n) is 12.8. The molecule has 1 saturated heterocycles. The van der Waals surface area contributed by atoms with Crippen molar-refractivity contribution in [3.63, 3.8) is 0 Å². The summed E-state index contributed by atoms with van der Waals surface area (Å²) < 4.78 is 38.4. The fraction of sp³-hybridized carbons (Fsp3) is 0.520. The van der Waals surface area contributed by atoms with E-state index in [9.17, 15) is 14.5 Å². The largest absolute Gasteiger partial charge is 0.462 e. The number of nitrogens with two attached hydrogens (primary N) is 1. The minimum atomic E-state index is -4.16. The molecule has 3 aromatic rings. The first kappa shape index (κ1) is 29.7. The Kier molecular flexibility index (Phi) is 8.66. The van der Waals surface area contributed by atoms with Gasteiger partial charge in [0.15, 0.2) is 17.0 Å². The van der Waals surface area contributed by atoms with Crippen LogP contribution in [0, 0.1) is 5.41 Å². The van der Waals surface area contributed by atoms with Gasteiger partial charge in [-0.1, -0.05) is 32.0 Å². The third-order valence-electron chi connectivity index (χ3n) is 6.42. The van der Waals surface area contributed by atoms with Crippen LogP contribution in [0.15, 0.2) is 36.7 Å². The molecule has 0 radical (unpaired) electrons. The van der Waals surface area contributed by atoms with Crippen molar-refractivity contribution in [2.75, 3.05) is 24.7 Å². The number of anilines is 2. The zero-order valence-corrected chi connectivity index (χ0v) is 24.2. The number of nitrogens with one attached hydrogen (secondary N) is 2. The molecule has 14 nitrogen and oxygen atoms in total. The number of aliphatic hydroxyl groups is 1. The van der Waals surface area contributed by atoms with Crippen molar-refractivity contribution in [2.45, 2.75) is 65.2 Å². The van der Waals surface area contributed by atoms with Gasteiger partial charge in [0.25, 0.3) is 0 Å². The predicted molar refractivity (Wildman–Crippen MR) is 147 cm³/mol.